The number of benzene rings is 1. The zero-order chi connectivity index (χ0) is 26.6. The maximum absolute atomic E-state index is 13.2. The van der Waals surface area contributed by atoms with Crippen molar-refractivity contribution in [3.63, 3.8) is 0 Å². The van der Waals surface area contributed by atoms with E-state index in [2.05, 4.69) is 18.0 Å². The van der Waals surface area contributed by atoms with Crippen molar-refractivity contribution in [1.82, 2.24) is 4.98 Å². The Morgan fingerprint density at radius 1 is 1.22 bits per heavy atom. The summed E-state index contributed by atoms with van der Waals surface area (Å²) in [7, 11) is 0. The van der Waals surface area contributed by atoms with Gasteiger partial charge in [0.25, 0.3) is 0 Å². The summed E-state index contributed by atoms with van der Waals surface area (Å²) in [5.74, 6) is -1.54. The highest BCUT2D eigenvalue weighted by Crippen LogP contribution is 2.34. The predicted octanol–water partition coefficient (Wildman–Crippen LogP) is 4.84. The fourth-order valence-corrected chi connectivity index (χ4v) is 5.66. The van der Waals surface area contributed by atoms with Crippen LogP contribution in [0.4, 0.5) is 0 Å². The molecule has 1 aliphatic heterocycles. The van der Waals surface area contributed by atoms with E-state index < -0.39 is 35.6 Å². The van der Waals surface area contributed by atoms with Crippen LogP contribution in [-0.4, -0.2) is 39.2 Å². The number of aliphatic hydroxyl groups is 2. The maximum Gasteiger partial charge on any atom is 0.309 e. The monoisotopic (exact) mass is 516 g/mol. The Hall–Kier alpha value is -2.13. The van der Waals surface area contributed by atoms with Gasteiger partial charge in [-0.05, 0) is 49.8 Å². The summed E-state index contributed by atoms with van der Waals surface area (Å²) >= 11 is 1.54. The molecule has 0 bridgehead atoms. The van der Waals surface area contributed by atoms with Crippen LogP contribution in [0.25, 0.3) is 10.2 Å². The molecular weight excluding hydrogens is 476 g/mol. The zero-order valence-electron chi connectivity index (χ0n) is 22.0. The summed E-state index contributed by atoms with van der Waals surface area (Å²) < 4.78 is 6.90. The number of cyclic esters (lactones) is 1. The van der Waals surface area contributed by atoms with Crippen LogP contribution in [0.1, 0.15) is 83.4 Å². The average Bonchev–Trinajstić information content (AvgIpc) is 3.26. The average molecular weight is 517 g/mol. The standard InChI is InChI=1S/C28H40N2O5S/c1-16-7-6-8-17(2)26(33)18(3)27(34)28(4,5)23(31)14-25(32)35-21(11-9-16)19-10-12-22-20(13-19)30-24(15-29)36-22/h9-10,12-13,17-18,21,23,26,31,33H,6-8,11,14-15,29H2,1-5H3/t17-,18+,21-,23-,26-/m0/s1. The van der Waals surface area contributed by atoms with Crippen LogP contribution in [0, 0.1) is 17.3 Å². The molecule has 1 aliphatic rings. The number of ether oxygens (including phenoxy) is 1. The molecule has 2 heterocycles. The number of aliphatic hydroxyl groups excluding tert-OH is 2. The number of fused-ring (bicyclic) bond motifs is 1. The fourth-order valence-electron chi connectivity index (χ4n) is 4.83. The van der Waals surface area contributed by atoms with Crippen LogP contribution in [0.3, 0.4) is 0 Å². The van der Waals surface area contributed by atoms with E-state index in [0.29, 0.717) is 13.0 Å². The number of hydrogen-bond acceptors (Lipinski definition) is 8. The van der Waals surface area contributed by atoms with Crippen molar-refractivity contribution in [2.45, 2.75) is 91.6 Å². The SMILES string of the molecule is CC1=CC[C@@H](c2ccc3sc(CN)nc3c2)OC(=O)C[C@H](O)C(C)(C)C(=O)[C@H](C)[C@@H](O)[C@@H](C)CCC1. The van der Waals surface area contributed by atoms with E-state index >= 15 is 0 Å². The first-order valence-electron chi connectivity index (χ1n) is 12.8. The van der Waals surface area contributed by atoms with E-state index in [0.717, 1.165) is 40.1 Å². The van der Waals surface area contributed by atoms with Gasteiger partial charge in [0, 0.05) is 18.9 Å². The number of carbonyl (C=O) groups is 2. The second-order valence-electron chi connectivity index (χ2n) is 10.8. The number of hydrogen-bond donors (Lipinski definition) is 3. The molecule has 1 aromatic carbocycles. The second kappa shape index (κ2) is 11.9. The molecule has 7 nitrogen and oxygen atoms in total. The topological polar surface area (TPSA) is 123 Å². The highest BCUT2D eigenvalue weighted by molar-refractivity contribution is 7.18. The third kappa shape index (κ3) is 6.59. The molecule has 8 heteroatoms. The first kappa shape index (κ1) is 28.4. The van der Waals surface area contributed by atoms with Gasteiger partial charge in [-0.1, -0.05) is 45.4 Å². The van der Waals surface area contributed by atoms with Crippen LogP contribution in [0.2, 0.25) is 0 Å². The van der Waals surface area contributed by atoms with Gasteiger partial charge in [0.15, 0.2) is 0 Å². The number of aromatic nitrogens is 1. The molecule has 4 N–H and O–H groups in total. The number of nitrogens with two attached hydrogens (primary N) is 1. The molecule has 5 atom stereocenters. The van der Waals surface area contributed by atoms with Gasteiger partial charge in [-0.25, -0.2) is 4.98 Å². The molecule has 0 radical (unpaired) electrons. The maximum atomic E-state index is 13.2. The molecule has 0 amide bonds. The molecule has 1 aromatic heterocycles. The molecule has 2 aromatic rings. The Kier molecular flexibility index (Phi) is 9.44. The minimum atomic E-state index is -1.23. The molecular formula is C28H40N2O5S. The first-order chi connectivity index (χ1) is 16.9. The summed E-state index contributed by atoms with van der Waals surface area (Å²) in [5, 5.41) is 22.5. The number of rotatable bonds is 2. The number of Topliss-reactive ketones (excluding diaryl/α,β-unsaturated/α-hetero) is 1. The number of ketones is 1. The van der Waals surface area contributed by atoms with Gasteiger partial charge in [0.2, 0.25) is 0 Å². The number of allylic oxidation sites excluding steroid dienone is 1. The first-order valence-corrected chi connectivity index (χ1v) is 13.6. The molecule has 3 rings (SSSR count). The van der Waals surface area contributed by atoms with Gasteiger partial charge in [-0.2, -0.15) is 0 Å². The molecule has 0 saturated carbocycles. The van der Waals surface area contributed by atoms with Gasteiger partial charge in [0.05, 0.1) is 34.3 Å². The van der Waals surface area contributed by atoms with Crippen LogP contribution in [0.5, 0.6) is 0 Å². The lowest BCUT2D eigenvalue weighted by Crippen LogP contribution is -2.45. The number of esters is 1. The molecule has 0 unspecified atom stereocenters. The van der Waals surface area contributed by atoms with Crippen molar-refractivity contribution >= 4 is 33.3 Å². The van der Waals surface area contributed by atoms with Crippen LogP contribution in [0.15, 0.2) is 29.8 Å². The minimum absolute atomic E-state index is 0.0569. The smallest absolute Gasteiger partial charge is 0.309 e. The van der Waals surface area contributed by atoms with E-state index in [-0.39, 0.29) is 18.1 Å². The van der Waals surface area contributed by atoms with E-state index in [4.69, 9.17) is 10.5 Å². The van der Waals surface area contributed by atoms with Gasteiger partial charge in [-0.15, -0.1) is 11.3 Å². The van der Waals surface area contributed by atoms with Crippen LogP contribution >= 0.6 is 11.3 Å². The minimum Gasteiger partial charge on any atom is -0.457 e. The lowest BCUT2D eigenvalue weighted by atomic mass is 9.73. The van der Waals surface area contributed by atoms with Gasteiger partial charge < -0.3 is 20.7 Å². The van der Waals surface area contributed by atoms with Crippen LogP contribution < -0.4 is 5.73 Å². The van der Waals surface area contributed by atoms with Crippen molar-refractivity contribution in [2.75, 3.05) is 0 Å². The van der Waals surface area contributed by atoms with Crippen LogP contribution in [-0.2, 0) is 20.9 Å². The van der Waals surface area contributed by atoms with Crippen molar-refractivity contribution in [2.24, 2.45) is 23.0 Å². The quantitative estimate of drug-likeness (QED) is 0.386. The zero-order valence-corrected chi connectivity index (χ0v) is 22.8. The van der Waals surface area contributed by atoms with Gasteiger partial charge in [0.1, 0.15) is 16.9 Å². The van der Waals surface area contributed by atoms with E-state index in [1.54, 1.807) is 32.1 Å². The van der Waals surface area contributed by atoms with Gasteiger partial charge in [-0.3, -0.25) is 9.59 Å². The fraction of sp³-hybridized carbons (Fsp3) is 0.607. The Bertz CT molecular complexity index is 1110. The molecule has 0 spiro atoms. The summed E-state index contributed by atoms with van der Waals surface area (Å²) in [4.78, 5) is 30.8. The van der Waals surface area contributed by atoms with Crippen molar-refractivity contribution in [3.05, 3.63) is 40.4 Å². The molecule has 0 aliphatic carbocycles. The van der Waals surface area contributed by atoms with E-state index in [1.165, 1.54) is 5.57 Å². The molecule has 0 fully saturated rings. The number of carbonyl (C=O) groups excluding carboxylic acids is 2. The number of nitrogens with zero attached hydrogens (tertiary/aromatic N) is 1. The Balaban J connectivity index is 1.91. The highest BCUT2D eigenvalue weighted by Gasteiger charge is 2.42. The normalized spacial score (nSPS) is 29.1. The van der Waals surface area contributed by atoms with Crippen molar-refractivity contribution in [3.8, 4) is 0 Å². The van der Waals surface area contributed by atoms with E-state index in [9.17, 15) is 19.8 Å². The van der Waals surface area contributed by atoms with Gasteiger partial charge >= 0.3 is 5.97 Å². The lowest BCUT2D eigenvalue weighted by Gasteiger charge is -2.34. The third-order valence-electron chi connectivity index (χ3n) is 7.52. The lowest BCUT2D eigenvalue weighted by molar-refractivity contribution is -0.155. The molecule has 0 saturated heterocycles. The predicted molar refractivity (Wildman–Crippen MR) is 142 cm³/mol. The van der Waals surface area contributed by atoms with Crippen molar-refractivity contribution < 1.29 is 24.5 Å². The largest absolute Gasteiger partial charge is 0.457 e. The Morgan fingerprint density at radius 2 is 1.94 bits per heavy atom. The summed E-state index contributed by atoms with van der Waals surface area (Å²) in [5.41, 5.74) is 7.36. The second-order valence-corrected chi connectivity index (χ2v) is 11.9. The number of thiazole rings is 1. The Labute approximate surface area is 217 Å². The van der Waals surface area contributed by atoms with E-state index in [1.807, 2.05) is 25.1 Å². The summed E-state index contributed by atoms with van der Waals surface area (Å²) in [6, 6.07) is 5.84. The summed E-state index contributed by atoms with van der Waals surface area (Å²) in [6.07, 6.45) is 2.21. The highest BCUT2D eigenvalue weighted by atomic mass is 32.1. The van der Waals surface area contributed by atoms with Crippen molar-refractivity contribution in [1.29, 1.82) is 0 Å². The third-order valence-corrected chi connectivity index (χ3v) is 8.58. The molecule has 198 valence electrons. The Morgan fingerprint density at radius 3 is 2.64 bits per heavy atom. The summed E-state index contributed by atoms with van der Waals surface area (Å²) in [6.45, 7) is 9.33. The molecule has 36 heavy (non-hydrogen) atoms.